The molecule has 1 saturated heterocycles. The highest BCUT2D eigenvalue weighted by Gasteiger charge is 2.25. The topological polar surface area (TPSA) is 64.6 Å². The minimum atomic E-state index is -0.911. The molecule has 0 radical (unpaired) electrons. The van der Waals surface area contributed by atoms with Gasteiger partial charge < -0.3 is 20.6 Å². The fourth-order valence-electron chi connectivity index (χ4n) is 2.59. The summed E-state index contributed by atoms with van der Waals surface area (Å²) in [5, 5.41) is 15.8. The molecule has 0 spiro atoms. The summed E-state index contributed by atoms with van der Waals surface area (Å²) in [7, 11) is 0. The van der Waals surface area contributed by atoms with Crippen LogP contribution in [0.1, 0.15) is 39.2 Å². The van der Waals surface area contributed by atoms with Gasteiger partial charge in [-0.15, -0.1) is 0 Å². The third kappa shape index (κ3) is 4.61. The van der Waals surface area contributed by atoms with Gasteiger partial charge in [0.15, 0.2) is 0 Å². The Bertz CT molecular complexity index is 549. The zero-order valence-corrected chi connectivity index (χ0v) is 14.6. The maximum absolute atomic E-state index is 12.0. The molecule has 0 bridgehead atoms. The number of benzene rings is 1. The quantitative estimate of drug-likeness (QED) is 0.781. The second kappa shape index (κ2) is 7.21. The van der Waals surface area contributed by atoms with Crippen LogP contribution in [0.15, 0.2) is 18.2 Å². The first-order chi connectivity index (χ1) is 10.8. The van der Waals surface area contributed by atoms with Crippen LogP contribution in [0.25, 0.3) is 0 Å². The Labute approximate surface area is 139 Å². The van der Waals surface area contributed by atoms with Gasteiger partial charge in [0.05, 0.1) is 5.60 Å². The smallest absolute Gasteiger partial charge is 0.319 e. The number of carbonyl (C=O) groups is 1. The second-order valence-electron chi connectivity index (χ2n) is 7.01. The van der Waals surface area contributed by atoms with Crippen molar-refractivity contribution in [3.63, 3.8) is 0 Å². The Morgan fingerprint density at radius 2 is 2.00 bits per heavy atom. The number of amides is 2. The molecular weight excluding hydrogens is 290 g/mol. The number of rotatable bonds is 5. The number of aryl methyl sites for hydroxylation is 1. The van der Waals surface area contributed by atoms with E-state index in [2.05, 4.69) is 27.7 Å². The Kier molecular flexibility index (Phi) is 5.52. The third-order valence-electron chi connectivity index (χ3n) is 4.78. The van der Waals surface area contributed by atoms with Crippen LogP contribution in [0.3, 0.4) is 0 Å². The number of urea groups is 1. The van der Waals surface area contributed by atoms with E-state index in [-0.39, 0.29) is 18.5 Å². The zero-order chi connectivity index (χ0) is 17.0. The van der Waals surface area contributed by atoms with Gasteiger partial charge in [-0.05, 0) is 56.4 Å². The molecular formula is C18H29N3O2. The van der Waals surface area contributed by atoms with Gasteiger partial charge in [-0.1, -0.05) is 13.8 Å². The van der Waals surface area contributed by atoms with Gasteiger partial charge in [-0.25, -0.2) is 4.79 Å². The molecule has 3 N–H and O–H groups in total. The number of anilines is 2. The Morgan fingerprint density at radius 3 is 2.57 bits per heavy atom. The van der Waals surface area contributed by atoms with Gasteiger partial charge in [0.2, 0.25) is 0 Å². The van der Waals surface area contributed by atoms with Crippen LogP contribution in [0.4, 0.5) is 16.2 Å². The largest absolute Gasteiger partial charge is 0.388 e. The average Bonchev–Trinajstić information content (AvgIpc) is 3.01. The van der Waals surface area contributed by atoms with E-state index >= 15 is 0 Å². The number of hydrogen-bond acceptors (Lipinski definition) is 3. The fraction of sp³-hybridized carbons (Fsp3) is 0.611. The maximum atomic E-state index is 12.0. The summed E-state index contributed by atoms with van der Waals surface area (Å²) in [6, 6.07) is 5.83. The predicted molar refractivity (Wildman–Crippen MR) is 95.1 cm³/mol. The molecule has 0 aromatic heterocycles. The molecule has 2 rings (SSSR count). The van der Waals surface area contributed by atoms with Gasteiger partial charge in [-0.3, -0.25) is 0 Å². The summed E-state index contributed by atoms with van der Waals surface area (Å²) < 4.78 is 0. The third-order valence-corrected chi connectivity index (χ3v) is 4.78. The first-order valence-electron chi connectivity index (χ1n) is 8.42. The van der Waals surface area contributed by atoms with E-state index in [0.717, 1.165) is 24.3 Å². The van der Waals surface area contributed by atoms with Crippen molar-refractivity contribution < 1.29 is 9.90 Å². The summed E-state index contributed by atoms with van der Waals surface area (Å²) in [6.07, 6.45) is 2.49. The summed E-state index contributed by atoms with van der Waals surface area (Å²) in [5.74, 6) is 0.0734. The zero-order valence-electron chi connectivity index (χ0n) is 14.6. The van der Waals surface area contributed by atoms with Crippen molar-refractivity contribution in [1.82, 2.24) is 5.32 Å². The minimum Gasteiger partial charge on any atom is -0.388 e. The molecule has 1 fully saturated rings. The molecule has 1 aliphatic heterocycles. The van der Waals surface area contributed by atoms with Crippen molar-refractivity contribution in [2.24, 2.45) is 5.92 Å². The first kappa shape index (κ1) is 17.6. The van der Waals surface area contributed by atoms with Crippen molar-refractivity contribution in [2.75, 3.05) is 29.9 Å². The molecule has 2 amide bonds. The second-order valence-corrected chi connectivity index (χ2v) is 7.01. The molecule has 1 aliphatic rings. The Balaban J connectivity index is 1.93. The van der Waals surface area contributed by atoms with Gasteiger partial charge in [-0.2, -0.15) is 0 Å². The number of carbonyl (C=O) groups excluding carboxylic acids is 1. The van der Waals surface area contributed by atoms with Crippen LogP contribution >= 0.6 is 0 Å². The van der Waals surface area contributed by atoms with Crippen molar-refractivity contribution in [2.45, 2.75) is 46.1 Å². The lowest BCUT2D eigenvalue weighted by Gasteiger charge is -2.27. The van der Waals surface area contributed by atoms with E-state index in [4.69, 9.17) is 0 Å². The standard InChI is InChI=1S/C18H29N3O2/c1-13(2)18(4,23)12-19-17(22)20-16-8-7-15(11-14(16)3)21-9-5-6-10-21/h7-8,11,13,23H,5-6,9-10,12H2,1-4H3,(H2,19,20,22). The summed E-state index contributed by atoms with van der Waals surface area (Å²) in [4.78, 5) is 14.4. The molecule has 0 saturated carbocycles. The van der Waals surface area contributed by atoms with Crippen LogP contribution in [-0.2, 0) is 0 Å². The lowest BCUT2D eigenvalue weighted by atomic mass is 9.93. The fourth-order valence-corrected chi connectivity index (χ4v) is 2.59. The van der Waals surface area contributed by atoms with E-state index < -0.39 is 5.60 Å². The summed E-state index contributed by atoms with van der Waals surface area (Å²) in [6.45, 7) is 10.0. The SMILES string of the molecule is Cc1cc(N2CCCC2)ccc1NC(=O)NCC(C)(O)C(C)C. The Hall–Kier alpha value is -1.75. The first-order valence-corrected chi connectivity index (χ1v) is 8.42. The molecule has 1 unspecified atom stereocenters. The highest BCUT2D eigenvalue weighted by Crippen LogP contribution is 2.25. The normalized spacial score (nSPS) is 17.2. The van der Waals surface area contributed by atoms with Crippen LogP contribution in [0.5, 0.6) is 0 Å². The van der Waals surface area contributed by atoms with E-state index in [9.17, 15) is 9.90 Å². The highest BCUT2D eigenvalue weighted by atomic mass is 16.3. The minimum absolute atomic E-state index is 0.0734. The number of aliphatic hydroxyl groups is 1. The van der Waals surface area contributed by atoms with Gasteiger partial charge in [0.1, 0.15) is 0 Å². The van der Waals surface area contributed by atoms with Gasteiger partial charge in [0.25, 0.3) is 0 Å². The molecule has 128 valence electrons. The van der Waals surface area contributed by atoms with Gasteiger partial charge in [0, 0.05) is 31.0 Å². The van der Waals surface area contributed by atoms with E-state index in [1.165, 1.54) is 18.5 Å². The summed E-state index contributed by atoms with van der Waals surface area (Å²) >= 11 is 0. The summed E-state index contributed by atoms with van der Waals surface area (Å²) in [5.41, 5.74) is 2.15. The van der Waals surface area contributed by atoms with Gasteiger partial charge >= 0.3 is 6.03 Å². The molecule has 1 atom stereocenters. The van der Waals surface area contributed by atoms with Crippen LogP contribution in [0.2, 0.25) is 0 Å². The van der Waals surface area contributed by atoms with E-state index in [0.29, 0.717) is 0 Å². The lowest BCUT2D eigenvalue weighted by Crippen LogP contribution is -2.45. The monoisotopic (exact) mass is 319 g/mol. The Morgan fingerprint density at radius 1 is 1.35 bits per heavy atom. The highest BCUT2D eigenvalue weighted by molar-refractivity contribution is 5.90. The average molecular weight is 319 g/mol. The van der Waals surface area contributed by atoms with Crippen LogP contribution in [0, 0.1) is 12.8 Å². The molecule has 5 nitrogen and oxygen atoms in total. The molecule has 23 heavy (non-hydrogen) atoms. The molecule has 1 aromatic rings. The van der Waals surface area contributed by atoms with Crippen molar-refractivity contribution in [1.29, 1.82) is 0 Å². The molecule has 1 aromatic carbocycles. The molecule has 1 heterocycles. The lowest BCUT2D eigenvalue weighted by molar-refractivity contribution is 0.0170. The van der Waals surface area contributed by atoms with E-state index in [1.54, 1.807) is 6.92 Å². The molecule has 5 heteroatoms. The van der Waals surface area contributed by atoms with Crippen molar-refractivity contribution >= 4 is 17.4 Å². The number of nitrogens with zero attached hydrogens (tertiary/aromatic N) is 1. The molecule has 0 aliphatic carbocycles. The van der Waals surface area contributed by atoms with Crippen molar-refractivity contribution in [3.05, 3.63) is 23.8 Å². The predicted octanol–water partition coefficient (Wildman–Crippen LogP) is 3.12. The number of nitrogens with one attached hydrogen (secondary N) is 2. The van der Waals surface area contributed by atoms with Crippen LogP contribution in [-0.4, -0.2) is 36.4 Å². The van der Waals surface area contributed by atoms with Crippen LogP contribution < -0.4 is 15.5 Å². The maximum Gasteiger partial charge on any atom is 0.319 e. The number of hydrogen-bond donors (Lipinski definition) is 3. The van der Waals surface area contributed by atoms with Crippen molar-refractivity contribution in [3.8, 4) is 0 Å². The van der Waals surface area contributed by atoms with E-state index in [1.807, 2.05) is 26.8 Å².